The normalized spacial score (nSPS) is 22.3. The quantitative estimate of drug-likeness (QED) is 0.786. The molecule has 1 N–H and O–H groups in total. The zero-order valence-electron chi connectivity index (χ0n) is 16.6. The third-order valence-electron chi connectivity index (χ3n) is 5.98. The number of likely N-dealkylation sites (tertiary alicyclic amines) is 2. The second kappa shape index (κ2) is 9.92. The molecule has 0 aromatic heterocycles. The summed E-state index contributed by atoms with van der Waals surface area (Å²) >= 11 is 0. The molecule has 2 aliphatic rings. The Morgan fingerprint density at radius 1 is 1.15 bits per heavy atom. The van der Waals surface area contributed by atoms with Crippen LogP contribution in [-0.2, 0) is 17.9 Å². The summed E-state index contributed by atoms with van der Waals surface area (Å²) in [7, 11) is 0. The van der Waals surface area contributed by atoms with Crippen molar-refractivity contribution in [2.45, 2.75) is 45.7 Å². The monoisotopic (exact) mass is 367 g/mol. The number of carbonyl (C=O) groups is 1. The van der Waals surface area contributed by atoms with Crippen LogP contribution in [-0.4, -0.2) is 48.4 Å². The standard InChI is InChI=1S/C23H33N3O/c1-3-12-25-14-10-20(11-15-25)23(27)24-16-21-8-4-5-9-22(21)18-26-13-6-7-19(2)17-26/h1,4-5,8-9,19-20H,6-7,10-18H2,2H3,(H,24,27). The molecule has 0 saturated carbocycles. The van der Waals surface area contributed by atoms with Gasteiger partial charge in [0.25, 0.3) is 0 Å². The third-order valence-corrected chi connectivity index (χ3v) is 5.98. The molecule has 146 valence electrons. The summed E-state index contributed by atoms with van der Waals surface area (Å²) in [4.78, 5) is 17.4. The van der Waals surface area contributed by atoms with E-state index < -0.39 is 0 Å². The Kier molecular flexibility index (Phi) is 7.32. The molecule has 1 aromatic carbocycles. The molecule has 1 atom stereocenters. The van der Waals surface area contributed by atoms with Crippen molar-refractivity contribution in [1.82, 2.24) is 15.1 Å². The summed E-state index contributed by atoms with van der Waals surface area (Å²) in [6, 6.07) is 8.54. The van der Waals surface area contributed by atoms with E-state index in [4.69, 9.17) is 6.42 Å². The Bertz CT molecular complexity index is 658. The number of hydrogen-bond donors (Lipinski definition) is 1. The molecular formula is C23H33N3O. The van der Waals surface area contributed by atoms with Gasteiger partial charge in [0.05, 0.1) is 6.54 Å². The fourth-order valence-corrected chi connectivity index (χ4v) is 4.36. The molecule has 0 radical (unpaired) electrons. The first-order valence-corrected chi connectivity index (χ1v) is 10.4. The summed E-state index contributed by atoms with van der Waals surface area (Å²) < 4.78 is 0. The van der Waals surface area contributed by atoms with E-state index in [1.54, 1.807) is 0 Å². The Hall–Kier alpha value is -1.83. The lowest BCUT2D eigenvalue weighted by Gasteiger charge is -2.31. The number of nitrogens with zero attached hydrogens (tertiary/aromatic N) is 2. The smallest absolute Gasteiger partial charge is 0.223 e. The van der Waals surface area contributed by atoms with Gasteiger partial charge in [-0.2, -0.15) is 0 Å². The lowest BCUT2D eigenvalue weighted by Crippen LogP contribution is -2.40. The predicted molar refractivity (Wildman–Crippen MR) is 110 cm³/mol. The minimum absolute atomic E-state index is 0.120. The number of hydrogen-bond acceptors (Lipinski definition) is 3. The zero-order valence-corrected chi connectivity index (χ0v) is 16.6. The molecule has 2 aliphatic heterocycles. The van der Waals surface area contributed by atoms with E-state index in [0.717, 1.165) is 38.4 Å². The van der Waals surface area contributed by atoms with Gasteiger partial charge in [-0.15, -0.1) is 6.42 Å². The average molecular weight is 368 g/mol. The van der Waals surface area contributed by atoms with Gasteiger partial charge in [0.2, 0.25) is 5.91 Å². The van der Waals surface area contributed by atoms with Crippen LogP contribution in [0.2, 0.25) is 0 Å². The molecule has 2 saturated heterocycles. The fraction of sp³-hybridized carbons (Fsp3) is 0.609. The van der Waals surface area contributed by atoms with Crippen LogP contribution in [0.3, 0.4) is 0 Å². The van der Waals surface area contributed by atoms with Crippen LogP contribution in [0.1, 0.15) is 43.7 Å². The highest BCUT2D eigenvalue weighted by atomic mass is 16.1. The van der Waals surface area contributed by atoms with Crippen LogP contribution in [0.4, 0.5) is 0 Å². The van der Waals surface area contributed by atoms with E-state index in [0.29, 0.717) is 13.1 Å². The van der Waals surface area contributed by atoms with Crippen LogP contribution < -0.4 is 5.32 Å². The van der Waals surface area contributed by atoms with Gasteiger partial charge in [0.15, 0.2) is 0 Å². The molecule has 1 unspecified atom stereocenters. The number of nitrogens with one attached hydrogen (secondary N) is 1. The van der Waals surface area contributed by atoms with E-state index in [9.17, 15) is 4.79 Å². The van der Waals surface area contributed by atoms with Crippen molar-refractivity contribution in [3.05, 3.63) is 35.4 Å². The minimum atomic E-state index is 0.120. The zero-order chi connectivity index (χ0) is 19.1. The molecule has 3 rings (SSSR count). The van der Waals surface area contributed by atoms with Gasteiger partial charge in [0, 0.05) is 25.6 Å². The maximum Gasteiger partial charge on any atom is 0.223 e. The van der Waals surface area contributed by atoms with Crippen molar-refractivity contribution in [3.8, 4) is 12.3 Å². The molecule has 4 heteroatoms. The molecular weight excluding hydrogens is 334 g/mol. The van der Waals surface area contributed by atoms with Crippen LogP contribution in [0.5, 0.6) is 0 Å². The molecule has 27 heavy (non-hydrogen) atoms. The van der Waals surface area contributed by atoms with Crippen molar-refractivity contribution >= 4 is 5.91 Å². The predicted octanol–water partition coefficient (Wildman–Crippen LogP) is 2.88. The number of terminal acetylenes is 1. The lowest BCUT2D eigenvalue weighted by atomic mass is 9.95. The number of amides is 1. The van der Waals surface area contributed by atoms with Crippen LogP contribution >= 0.6 is 0 Å². The van der Waals surface area contributed by atoms with Gasteiger partial charge >= 0.3 is 0 Å². The highest BCUT2D eigenvalue weighted by Gasteiger charge is 2.24. The molecule has 1 amide bonds. The van der Waals surface area contributed by atoms with E-state index in [1.807, 2.05) is 0 Å². The SMILES string of the molecule is C#CCN1CCC(C(=O)NCc2ccccc2CN2CCCC(C)C2)CC1. The number of benzene rings is 1. The van der Waals surface area contributed by atoms with Gasteiger partial charge in [-0.25, -0.2) is 0 Å². The number of carbonyl (C=O) groups excluding carboxylic acids is 1. The van der Waals surface area contributed by atoms with E-state index in [2.05, 4.69) is 52.2 Å². The summed E-state index contributed by atoms with van der Waals surface area (Å²) in [5.41, 5.74) is 2.59. The molecule has 0 aliphatic carbocycles. The fourth-order valence-electron chi connectivity index (χ4n) is 4.36. The summed E-state index contributed by atoms with van der Waals surface area (Å²) in [6.45, 7) is 8.85. The van der Waals surface area contributed by atoms with Crippen molar-refractivity contribution in [1.29, 1.82) is 0 Å². The topological polar surface area (TPSA) is 35.6 Å². The van der Waals surface area contributed by atoms with Crippen LogP contribution in [0.15, 0.2) is 24.3 Å². The van der Waals surface area contributed by atoms with E-state index in [1.165, 1.54) is 37.1 Å². The Balaban J connectivity index is 1.51. The van der Waals surface area contributed by atoms with Crippen molar-refractivity contribution in [2.24, 2.45) is 11.8 Å². The average Bonchev–Trinajstić information content (AvgIpc) is 2.68. The van der Waals surface area contributed by atoms with E-state index >= 15 is 0 Å². The van der Waals surface area contributed by atoms with Gasteiger partial charge in [-0.1, -0.05) is 37.1 Å². The second-order valence-electron chi connectivity index (χ2n) is 8.22. The van der Waals surface area contributed by atoms with Gasteiger partial charge in [0.1, 0.15) is 0 Å². The third kappa shape index (κ3) is 5.82. The first-order chi connectivity index (χ1) is 13.2. The molecule has 0 spiro atoms. The van der Waals surface area contributed by atoms with Crippen LogP contribution in [0, 0.1) is 24.2 Å². The van der Waals surface area contributed by atoms with Gasteiger partial charge in [-0.05, 0) is 62.4 Å². The Morgan fingerprint density at radius 2 is 1.89 bits per heavy atom. The molecule has 1 aromatic rings. The summed E-state index contributed by atoms with van der Waals surface area (Å²) in [5, 5.41) is 3.19. The van der Waals surface area contributed by atoms with E-state index in [-0.39, 0.29) is 11.8 Å². The highest BCUT2D eigenvalue weighted by Crippen LogP contribution is 2.20. The minimum Gasteiger partial charge on any atom is -0.352 e. The van der Waals surface area contributed by atoms with Crippen LogP contribution in [0.25, 0.3) is 0 Å². The number of rotatable bonds is 6. The number of piperidine rings is 2. The van der Waals surface area contributed by atoms with Crippen molar-refractivity contribution in [3.63, 3.8) is 0 Å². The summed E-state index contributed by atoms with van der Waals surface area (Å²) in [5.74, 6) is 3.79. The van der Waals surface area contributed by atoms with Crippen molar-refractivity contribution in [2.75, 3.05) is 32.7 Å². The lowest BCUT2D eigenvalue weighted by molar-refractivity contribution is -0.126. The molecule has 0 bridgehead atoms. The van der Waals surface area contributed by atoms with Gasteiger partial charge < -0.3 is 5.32 Å². The molecule has 2 fully saturated rings. The van der Waals surface area contributed by atoms with Crippen molar-refractivity contribution < 1.29 is 4.79 Å². The Morgan fingerprint density at radius 3 is 2.59 bits per heavy atom. The molecule has 2 heterocycles. The maximum atomic E-state index is 12.6. The molecule has 4 nitrogen and oxygen atoms in total. The first-order valence-electron chi connectivity index (χ1n) is 10.4. The largest absolute Gasteiger partial charge is 0.352 e. The maximum absolute atomic E-state index is 12.6. The Labute approximate surface area is 164 Å². The summed E-state index contributed by atoms with van der Waals surface area (Å²) in [6.07, 6.45) is 9.82. The second-order valence-corrected chi connectivity index (χ2v) is 8.22. The first kappa shape index (κ1) is 19.9. The van der Waals surface area contributed by atoms with Gasteiger partial charge in [-0.3, -0.25) is 14.6 Å². The highest BCUT2D eigenvalue weighted by molar-refractivity contribution is 5.78.